The molecule has 0 aliphatic carbocycles. The van der Waals surface area contributed by atoms with E-state index in [-0.39, 0.29) is 5.69 Å². The molecule has 0 saturated carbocycles. The van der Waals surface area contributed by atoms with Crippen molar-refractivity contribution in [2.24, 2.45) is 0 Å². The lowest BCUT2D eigenvalue weighted by molar-refractivity contribution is 0.0691. The zero-order valence-electron chi connectivity index (χ0n) is 6.35. The molecule has 0 amide bonds. The second kappa shape index (κ2) is 2.70. The molecule has 7 nitrogen and oxygen atoms in total. The summed E-state index contributed by atoms with van der Waals surface area (Å²) in [5, 5.41) is 21.6. The van der Waals surface area contributed by atoms with E-state index in [1.54, 1.807) is 6.07 Å². The van der Waals surface area contributed by atoms with Crippen molar-refractivity contribution in [3.8, 4) is 11.5 Å². The molecule has 0 atom stereocenters. The van der Waals surface area contributed by atoms with Crippen LogP contribution in [0.1, 0.15) is 10.5 Å². The van der Waals surface area contributed by atoms with Gasteiger partial charge in [0.05, 0.1) is 5.69 Å². The molecule has 0 aliphatic rings. The number of tetrazole rings is 1. The van der Waals surface area contributed by atoms with Crippen LogP contribution in [-0.4, -0.2) is 36.7 Å². The van der Waals surface area contributed by atoms with E-state index in [2.05, 4.69) is 25.6 Å². The first kappa shape index (κ1) is 7.47. The van der Waals surface area contributed by atoms with Crippen LogP contribution in [0.2, 0.25) is 0 Å². The molecule has 0 aliphatic heterocycles. The Hall–Kier alpha value is -2.18. The van der Waals surface area contributed by atoms with E-state index >= 15 is 0 Å². The summed E-state index contributed by atoms with van der Waals surface area (Å²) in [6, 6.07) is 3.02. The highest BCUT2D eigenvalue weighted by Crippen LogP contribution is 2.11. The van der Waals surface area contributed by atoms with E-state index in [1.165, 1.54) is 6.07 Å². The lowest BCUT2D eigenvalue weighted by atomic mass is 10.4. The summed E-state index contributed by atoms with van der Waals surface area (Å²) in [5.41, 5.74) is 0.617. The number of H-pyrrole nitrogens is 2. The number of nitrogens with one attached hydrogen (secondary N) is 2. The van der Waals surface area contributed by atoms with E-state index in [9.17, 15) is 4.79 Å². The predicted molar refractivity (Wildman–Crippen MR) is 40.9 cm³/mol. The Bertz CT molecular complexity index is 418. The molecule has 3 N–H and O–H groups in total. The van der Waals surface area contributed by atoms with Gasteiger partial charge in [-0.25, -0.2) is 4.79 Å². The van der Waals surface area contributed by atoms with Crippen molar-refractivity contribution in [3.05, 3.63) is 17.8 Å². The highest BCUT2D eigenvalue weighted by Gasteiger charge is 2.09. The molecule has 2 aromatic rings. The molecular weight excluding hydrogens is 174 g/mol. The molecule has 0 saturated heterocycles. The van der Waals surface area contributed by atoms with Crippen molar-refractivity contribution in [1.82, 2.24) is 25.6 Å². The van der Waals surface area contributed by atoms with Crippen LogP contribution in [0.25, 0.3) is 11.5 Å². The van der Waals surface area contributed by atoms with Crippen molar-refractivity contribution in [1.29, 1.82) is 0 Å². The number of carbonyl (C=O) groups is 1. The Kier molecular flexibility index (Phi) is 1.55. The van der Waals surface area contributed by atoms with Gasteiger partial charge in [-0.15, -0.1) is 10.2 Å². The summed E-state index contributed by atoms with van der Waals surface area (Å²) in [6.45, 7) is 0. The fourth-order valence-corrected chi connectivity index (χ4v) is 0.926. The highest BCUT2D eigenvalue weighted by atomic mass is 16.4. The summed E-state index contributed by atoms with van der Waals surface area (Å²) in [6.07, 6.45) is 0. The monoisotopic (exact) mass is 179 g/mol. The van der Waals surface area contributed by atoms with Gasteiger partial charge in [-0.05, 0) is 17.3 Å². The third kappa shape index (κ3) is 1.26. The van der Waals surface area contributed by atoms with E-state index < -0.39 is 5.97 Å². The first-order valence-electron chi connectivity index (χ1n) is 3.43. The summed E-state index contributed by atoms with van der Waals surface area (Å²) in [7, 11) is 0. The van der Waals surface area contributed by atoms with Gasteiger partial charge in [0.15, 0.2) is 0 Å². The maximum Gasteiger partial charge on any atom is 0.352 e. The van der Waals surface area contributed by atoms with Gasteiger partial charge in [0.25, 0.3) is 0 Å². The van der Waals surface area contributed by atoms with Crippen LogP contribution in [0.5, 0.6) is 0 Å². The maximum atomic E-state index is 10.5. The lowest BCUT2D eigenvalue weighted by Gasteiger charge is -1.86. The zero-order valence-corrected chi connectivity index (χ0v) is 6.35. The number of aromatic nitrogens is 5. The van der Waals surface area contributed by atoms with Gasteiger partial charge in [-0.2, -0.15) is 5.21 Å². The molecule has 66 valence electrons. The fraction of sp³-hybridized carbons (Fsp3) is 0. The number of hydrogen-bond donors (Lipinski definition) is 3. The molecule has 13 heavy (non-hydrogen) atoms. The number of carboxylic acids is 1. The molecule has 7 heteroatoms. The van der Waals surface area contributed by atoms with Gasteiger partial charge < -0.3 is 10.1 Å². The fourth-order valence-electron chi connectivity index (χ4n) is 0.926. The van der Waals surface area contributed by atoms with Crippen LogP contribution in [0.3, 0.4) is 0 Å². The van der Waals surface area contributed by atoms with Crippen LogP contribution in [0.4, 0.5) is 0 Å². The van der Waals surface area contributed by atoms with E-state index in [0.29, 0.717) is 11.5 Å². The van der Waals surface area contributed by atoms with Crippen molar-refractivity contribution >= 4 is 5.97 Å². The van der Waals surface area contributed by atoms with Gasteiger partial charge in [0.2, 0.25) is 5.82 Å². The molecule has 0 aromatic carbocycles. The van der Waals surface area contributed by atoms with E-state index in [4.69, 9.17) is 5.11 Å². The number of aromatic carboxylic acids is 1. The molecule has 2 rings (SSSR count). The summed E-state index contributed by atoms with van der Waals surface area (Å²) in [4.78, 5) is 13.1. The molecule has 0 radical (unpaired) electrons. The zero-order chi connectivity index (χ0) is 9.26. The van der Waals surface area contributed by atoms with Crippen molar-refractivity contribution in [2.75, 3.05) is 0 Å². The number of nitrogens with zero attached hydrogens (tertiary/aromatic N) is 3. The first-order chi connectivity index (χ1) is 6.27. The third-order valence-electron chi connectivity index (χ3n) is 1.50. The van der Waals surface area contributed by atoms with Crippen LogP contribution < -0.4 is 0 Å². The van der Waals surface area contributed by atoms with Crippen LogP contribution in [-0.2, 0) is 0 Å². The van der Waals surface area contributed by atoms with Crippen molar-refractivity contribution in [2.45, 2.75) is 0 Å². The summed E-state index contributed by atoms with van der Waals surface area (Å²) in [5.74, 6) is -0.678. The first-order valence-corrected chi connectivity index (χ1v) is 3.43. The van der Waals surface area contributed by atoms with Gasteiger partial charge in [-0.3, -0.25) is 0 Å². The third-order valence-corrected chi connectivity index (χ3v) is 1.50. The molecule has 0 unspecified atom stereocenters. The average molecular weight is 179 g/mol. The standard InChI is InChI=1S/C6H5N5O2/c12-6(13)4-2-1-3(7-4)5-8-10-11-9-5/h1-2,7H,(H,12,13)(H,8,9,10,11). The van der Waals surface area contributed by atoms with Gasteiger partial charge >= 0.3 is 5.97 Å². The quantitative estimate of drug-likeness (QED) is 0.596. The van der Waals surface area contributed by atoms with Gasteiger partial charge in [-0.1, -0.05) is 0 Å². The largest absolute Gasteiger partial charge is 0.477 e. The topological polar surface area (TPSA) is 108 Å². The Morgan fingerprint density at radius 2 is 2.31 bits per heavy atom. The minimum Gasteiger partial charge on any atom is -0.477 e. The maximum absolute atomic E-state index is 10.5. The van der Waals surface area contributed by atoms with Crippen molar-refractivity contribution in [3.63, 3.8) is 0 Å². The van der Waals surface area contributed by atoms with Crippen LogP contribution in [0.15, 0.2) is 12.1 Å². The second-order valence-electron chi connectivity index (χ2n) is 2.33. The summed E-state index contributed by atoms with van der Waals surface area (Å²) >= 11 is 0. The smallest absolute Gasteiger partial charge is 0.352 e. The lowest BCUT2D eigenvalue weighted by Crippen LogP contribution is -1.95. The Balaban J connectivity index is 2.39. The Morgan fingerprint density at radius 1 is 1.46 bits per heavy atom. The second-order valence-corrected chi connectivity index (χ2v) is 2.33. The molecule has 2 aromatic heterocycles. The average Bonchev–Trinajstić information content (AvgIpc) is 2.75. The van der Waals surface area contributed by atoms with E-state index in [1.807, 2.05) is 0 Å². The number of rotatable bonds is 2. The van der Waals surface area contributed by atoms with Crippen LogP contribution >= 0.6 is 0 Å². The molecule has 2 heterocycles. The predicted octanol–water partition coefficient (Wildman–Crippen LogP) is -0.107. The summed E-state index contributed by atoms with van der Waals surface area (Å²) < 4.78 is 0. The molecule has 0 fully saturated rings. The number of carboxylic acid groups (broad SMARTS) is 1. The molecule has 0 bridgehead atoms. The van der Waals surface area contributed by atoms with Gasteiger partial charge in [0.1, 0.15) is 5.69 Å². The van der Waals surface area contributed by atoms with Crippen LogP contribution in [0, 0.1) is 0 Å². The van der Waals surface area contributed by atoms with E-state index in [0.717, 1.165) is 0 Å². The molecular formula is C6H5N5O2. The normalized spacial score (nSPS) is 10.2. The Morgan fingerprint density at radius 3 is 2.85 bits per heavy atom. The SMILES string of the molecule is O=C(O)c1ccc(-c2nn[nH]n2)[nH]1. The minimum absolute atomic E-state index is 0.0970. The van der Waals surface area contributed by atoms with Crippen molar-refractivity contribution < 1.29 is 9.90 Å². The minimum atomic E-state index is -1.02. The number of hydrogen-bond acceptors (Lipinski definition) is 4. The number of aromatic amines is 2. The highest BCUT2D eigenvalue weighted by molar-refractivity contribution is 5.86. The Labute approximate surface area is 71.8 Å². The molecule has 0 spiro atoms. The van der Waals surface area contributed by atoms with Gasteiger partial charge in [0, 0.05) is 0 Å².